The highest BCUT2D eigenvalue weighted by Gasteiger charge is 2.15. The average molecular weight is 363 g/mol. The number of nitrogens with zero attached hydrogens (tertiary/aromatic N) is 1. The number of nitrogens with one attached hydrogen (secondary N) is 2. The van der Waals surface area contributed by atoms with Crippen molar-refractivity contribution in [2.24, 2.45) is 5.92 Å². The Morgan fingerprint density at radius 3 is 2.41 bits per heavy atom. The molecule has 5 heteroatoms. The maximum Gasteiger partial charge on any atom is 0.225 e. The third kappa shape index (κ3) is 6.06. The summed E-state index contributed by atoms with van der Waals surface area (Å²) in [5.74, 6) is 0.230. The van der Waals surface area contributed by atoms with Gasteiger partial charge in [0, 0.05) is 24.7 Å². The lowest BCUT2D eigenvalue weighted by molar-refractivity contribution is -0.117. The summed E-state index contributed by atoms with van der Waals surface area (Å²) in [6.45, 7) is 0. The monoisotopic (exact) mass is 363 g/mol. The van der Waals surface area contributed by atoms with Crippen LogP contribution in [0.15, 0.2) is 60.8 Å². The smallest absolute Gasteiger partial charge is 0.225 e. The van der Waals surface area contributed by atoms with E-state index in [2.05, 4.69) is 27.8 Å². The van der Waals surface area contributed by atoms with Gasteiger partial charge >= 0.3 is 0 Å². The number of carbonyl (C=O) groups is 2. The topological polar surface area (TPSA) is 71.1 Å². The van der Waals surface area contributed by atoms with Gasteiger partial charge in [-0.05, 0) is 55.9 Å². The molecule has 1 aliphatic carbocycles. The number of carbonyl (C=O) groups excluding carboxylic acids is 2. The van der Waals surface area contributed by atoms with Crippen molar-refractivity contribution in [3.05, 3.63) is 66.5 Å². The fraction of sp³-hybridized carbons (Fsp3) is 0.318. The molecule has 0 radical (unpaired) electrons. The molecule has 5 nitrogen and oxygen atoms in total. The van der Waals surface area contributed by atoms with Gasteiger partial charge < -0.3 is 10.6 Å². The SMILES string of the molecule is O=C(CCCc1ccccn1)Nc1ccccc1NC(=O)CC1C=CCC1. The molecule has 2 amide bonds. The summed E-state index contributed by atoms with van der Waals surface area (Å²) >= 11 is 0. The van der Waals surface area contributed by atoms with Crippen LogP contribution in [0.2, 0.25) is 0 Å². The number of aromatic nitrogens is 1. The molecular weight excluding hydrogens is 338 g/mol. The van der Waals surface area contributed by atoms with Crippen LogP contribution in [-0.2, 0) is 16.0 Å². The van der Waals surface area contributed by atoms with E-state index < -0.39 is 0 Å². The van der Waals surface area contributed by atoms with Crippen molar-refractivity contribution >= 4 is 23.2 Å². The van der Waals surface area contributed by atoms with Crippen LogP contribution in [0.5, 0.6) is 0 Å². The molecule has 1 aromatic heterocycles. The Morgan fingerprint density at radius 2 is 1.74 bits per heavy atom. The van der Waals surface area contributed by atoms with Crippen molar-refractivity contribution in [2.45, 2.75) is 38.5 Å². The van der Waals surface area contributed by atoms with Crippen molar-refractivity contribution in [1.82, 2.24) is 4.98 Å². The van der Waals surface area contributed by atoms with Crippen molar-refractivity contribution in [3.8, 4) is 0 Å². The quantitative estimate of drug-likeness (QED) is 0.686. The number of rotatable bonds is 8. The number of benzene rings is 1. The minimum atomic E-state index is -0.0636. The Kier molecular flexibility index (Phi) is 6.74. The number of hydrogen-bond acceptors (Lipinski definition) is 3. The molecule has 0 bridgehead atoms. The first-order chi connectivity index (χ1) is 13.2. The van der Waals surface area contributed by atoms with E-state index in [9.17, 15) is 9.59 Å². The van der Waals surface area contributed by atoms with Gasteiger partial charge in [-0.15, -0.1) is 0 Å². The molecule has 0 saturated carbocycles. The number of para-hydroxylation sites is 2. The third-order valence-corrected chi connectivity index (χ3v) is 4.60. The van der Waals surface area contributed by atoms with E-state index in [1.54, 1.807) is 6.20 Å². The summed E-state index contributed by atoms with van der Waals surface area (Å²) < 4.78 is 0. The molecule has 2 aromatic rings. The lowest BCUT2D eigenvalue weighted by Crippen LogP contribution is -2.18. The zero-order valence-electron chi connectivity index (χ0n) is 15.4. The summed E-state index contributed by atoms with van der Waals surface area (Å²) in [6, 6.07) is 13.1. The van der Waals surface area contributed by atoms with Crippen molar-refractivity contribution in [2.75, 3.05) is 10.6 Å². The van der Waals surface area contributed by atoms with Crippen LogP contribution in [0, 0.1) is 5.92 Å². The molecule has 0 saturated heterocycles. The van der Waals surface area contributed by atoms with E-state index in [-0.39, 0.29) is 11.8 Å². The standard InChI is InChI=1S/C22H25N3O2/c26-21(14-7-11-18-10-5-6-15-23-18)24-19-12-3-4-13-20(19)25-22(27)16-17-8-1-2-9-17/h1,3-6,8,10,12-13,15,17H,2,7,9,11,14,16H2,(H,24,26)(H,25,27). The molecule has 1 heterocycles. The highest BCUT2D eigenvalue weighted by Crippen LogP contribution is 2.24. The van der Waals surface area contributed by atoms with Crippen molar-refractivity contribution < 1.29 is 9.59 Å². The van der Waals surface area contributed by atoms with E-state index in [0.29, 0.717) is 30.1 Å². The summed E-state index contributed by atoms with van der Waals surface area (Å²) in [7, 11) is 0. The Hall–Kier alpha value is -2.95. The molecule has 27 heavy (non-hydrogen) atoms. The van der Waals surface area contributed by atoms with E-state index in [4.69, 9.17) is 0 Å². The van der Waals surface area contributed by atoms with Crippen LogP contribution >= 0.6 is 0 Å². The molecule has 0 aliphatic heterocycles. The maximum atomic E-state index is 12.3. The van der Waals surface area contributed by atoms with Crippen LogP contribution in [0.1, 0.15) is 37.8 Å². The Balaban J connectivity index is 1.49. The van der Waals surface area contributed by atoms with Gasteiger partial charge in [0.05, 0.1) is 11.4 Å². The molecule has 0 spiro atoms. The second kappa shape index (κ2) is 9.67. The predicted molar refractivity (Wildman–Crippen MR) is 107 cm³/mol. The van der Waals surface area contributed by atoms with Gasteiger partial charge in [0.25, 0.3) is 0 Å². The van der Waals surface area contributed by atoms with Crippen LogP contribution in [0.4, 0.5) is 11.4 Å². The van der Waals surface area contributed by atoms with Gasteiger partial charge in [0.1, 0.15) is 0 Å². The Morgan fingerprint density at radius 1 is 1.00 bits per heavy atom. The van der Waals surface area contributed by atoms with E-state index >= 15 is 0 Å². The zero-order chi connectivity index (χ0) is 18.9. The number of anilines is 2. The van der Waals surface area contributed by atoms with Crippen LogP contribution in [-0.4, -0.2) is 16.8 Å². The summed E-state index contributed by atoms with van der Waals surface area (Å²) in [5.41, 5.74) is 2.26. The minimum Gasteiger partial charge on any atom is -0.324 e. The maximum absolute atomic E-state index is 12.3. The zero-order valence-corrected chi connectivity index (χ0v) is 15.4. The first kappa shape index (κ1) is 18.8. The Labute approximate surface area is 159 Å². The second-order valence-corrected chi connectivity index (χ2v) is 6.79. The molecule has 1 aromatic carbocycles. The summed E-state index contributed by atoms with van der Waals surface area (Å²) in [4.78, 5) is 28.8. The molecule has 1 unspecified atom stereocenters. The van der Waals surface area contributed by atoms with Gasteiger partial charge in [0.2, 0.25) is 11.8 Å². The molecule has 1 atom stereocenters. The lowest BCUT2D eigenvalue weighted by atomic mass is 10.0. The highest BCUT2D eigenvalue weighted by atomic mass is 16.2. The van der Waals surface area contributed by atoms with E-state index in [1.165, 1.54) is 0 Å². The molecule has 2 N–H and O–H groups in total. The van der Waals surface area contributed by atoms with E-state index in [0.717, 1.165) is 31.4 Å². The fourth-order valence-corrected chi connectivity index (χ4v) is 3.19. The van der Waals surface area contributed by atoms with Gasteiger partial charge in [-0.2, -0.15) is 0 Å². The van der Waals surface area contributed by atoms with Crippen molar-refractivity contribution in [3.63, 3.8) is 0 Å². The first-order valence-electron chi connectivity index (χ1n) is 9.46. The number of pyridine rings is 1. The van der Waals surface area contributed by atoms with Gasteiger partial charge in [-0.3, -0.25) is 14.6 Å². The average Bonchev–Trinajstić information content (AvgIpc) is 3.17. The molecular formula is C22H25N3O2. The molecule has 3 rings (SSSR count). The number of allylic oxidation sites excluding steroid dienone is 2. The third-order valence-electron chi connectivity index (χ3n) is 4.60. The number of aryl methyl sites for hydroxylation is 1. The van der Waals surface area contributed by atoms with Gasteiger partial charge in [-0.25, -0.2) is 0 Å². The van der Waals surface area contributed by atoms with Gasteiger partial charge in [0.15, 0.2) is 0 Å². The Bertz CT molecular complexity index is 802. The van der Waals surface area contributed by atoms with E-state index in [1.807, 2.05) is 42.5 Å². The summed E-state index contributed by atoms with van der Waals surface area (Å²) in [5, 5.41) is 5.83. The highest BCUT2D eigenvalue weighted by molar-refractivity contribution is 5.99. The van der Waals surface area contributed by atoms with Crippen LogP contribution in [0.3, 0.4) is 0 Å². The molecule has 1 aliphatic rings. The number of hydrogen-bond donors (Lipinski definition) is 2. The summed E-state index contributed by atoms with van der Waals surface area (Å²) in [6.07, 6.45) is 10.4. The fourth-order valence-electron chi connectivity index (χ4n) is 3.19. The van der Waals surface area contributed by atoms with Crippen LogP contribution < -0.4 is 10.6 Å². The minimum absolute atomic E-state index is 0.0246. The van der Waals surface area contributed by atoms with Gasteiger partial charge in [-0.1, -0.05) is 30.4 Å². The largest absolute Gasteiger partial charge is 0.324 e. The normalized spacial score (nSPS) is 15.5. The van der Waals surface area contributed by atoms with Crippen molar-refractivity contribution in [1.29, 1.82) is 0 Å². The molecule has 140 valence electrons. The number of amides is 2. The second-order valence-electron chi connectivity index (χ2n) is 6.79. The van der Waals surface area contributed by atoms with Crippen LogP contribution in [0.25, 0.3) is 0 Å². The predicted octanol–water partition coefficient (Wildman–Crippen LogP) is 4.34. The first-order valence-corrected chi connectivity index (χ1v) is 9.46. The lowest BCUT2D eigenvalue weighted by Gasteiger charge is -2.13. The molecule has 0 fully saturated rings.